The molecule has 2 fully saturated rings. The Labute approximate surface area is 124 Å². The van der Waals surface area contributed by atoms with E-state index in [1.54, 1.807) is 4.90 Å². The van der Waals surface area contributed by atoms with Gasteiger partial charge in [-0.1, -0.05) is 13.8 Å². The molecule has 0 unspecified atom stereocenters. The fourth-order valence-electron chi connectivity index (χ4n) is 3.10. The quantitative estimate of drug-likeness (QED) is 0.764. The van der Waals surface area contributed by atoms with Gasteiger partial charge in [-0.15, -0.1) is 0 Å². The second-order valence-electron chi connectivity index (χ2n) is 7.13. The van der Waals surface area contributed by atoms with Crippen LogP contribution in [-0.2, 0) is 4.79 Å². The number of likely N-dealkylation sites (N-methyl/N-ethyl adjacent to an activating group) is 1. The average Bonchev–Trinajstić information content (AvgIpc) is 3.18. The fraction of sp³-hybridized carbons (Fsp3) is 0.938. The van der Waals surface area contributed by atoms with Crippen molar-refractivity contribution in [2.45, 2.75) is 39.2 Å². The summed E-state index contributed by atoms with van der Waals surface area (Å²) in [6.45, 7) is 9.80. The van der Waals surface area contributed by atoms with E-state index in [1.807, 2.05) is 14.1 Å². The van der Waals surface area contributed by atoms with Crippen LogP contribution >= 0.6 is 0 Å². The van der Waals surface area contributed by atoms with Gasteiger partial charge in [-0.25, -0.2) is 0 Å². The van der Waals surface area contributed by atoms with Crippen molar-refractivity contribution >= 4 is 5.91 Å². The van der Waals surface area contributed by atoms with Gasteiger partial charge in [0, 0.05) is 33.2 Å². The standard InChI is InChI=1S/C16H31N3O/c1-13(2)15-11-18(12-16(20)17(3)4)8-5-9-19(15)10-14-6-7-14/h13-15H,5-12H2,1-4H3/t15-/m0/s1. The van der Waals surface area contributed by atoms with E-state index >= 15 is 0 Å². The SMILES string of the molecule is CC(C)[C@@H]1CN(CC(=O)N(C)C)CCCN1CC1CC1. The average molecular weight is 281 g/mol. The first-order valence-electron chi connectivity index (χ1n) is 8.14. The zero-order valence-corrected chi connectivity index (χ0v) is 13.6. The van der Waals surface area contributed by atoms with Crippen molar-refractivity contribution < 1.29 is 4.79 Å². The molecule has 1 saturated carbocycles. The van der Waals surface area contributed by atoms with Crippen molar-refractivity contribution in [3.8, 4) is 0 Å². The molecule has 0 aromatic carbocycles. The maximum absolute atomic E-state index is 11.9. The molecule has 0 aromatic heterocycles. The lowest BCUT2D eigenvalue weighted by atomic mass is 10.0. The summed E-state index contributed by atoms with van der Waals surface area (Å²) >= 11 is 0. The van der Waals surface area contributed by atoms with Crippen LogP contribution in [0.15, 0.2) is 0 Å². The van der Waals surface area contributed by atoms with Crippen molar-refractivity contribution in [2.75, 3.05) is 46.8 Å². The maximum Gasteiger partial charge on any atom is 0.236 e. The van der Waals surface area contributed by atoms with Gasteiger partial charge in [-0.3, -0.25) is 14.6 Å². The Morgan fingerprint density at radius 2 is 1.95 bits per heavy atom. The van der Waals surface area contributed by atoms with E-state index in [0.717, 1.165) is 19.0 Å². The fourth-order valence-corrected chi connectivity index (χ4v) is 3.10. The first-order chi connectivity index (χ1) is 9.47. The van der Waals surface area contributed by atoms with Crippen molar-refractivity contribution in [2.24, 2.45) is 11.8 Å². The number of carbonyl (C=O) groups is 1. The number of hydrogen-bond acceptors (Lipinski definition) is 3. The minimum Gasteiger partial charge on any atom is -0.348 e. The monoisotopic (exact) mass is 281 g/mol. The van der Waals surface area contributed by atoms with Crippen LogP contribution in [0.3, 0.4) is 0 Å². The molecule has 4 nitrogen and oxygen atoms in total. The molecular formula is C16H31N3O. The van der Waals surface area contributed by atoms with Gasteiger partial charge in [0.25, 0.3) is 0 Å². The summed E-state index contributed by atoms with van der Waals surface area (Å²) in [6, 6.07) is 0.605. The van der Waals surface area contributed by atoms with Crippen molar-refractivity contribution in [3.63, 3.8) is 0 Å². The summed E-state index contributed by atoms with van der Waals surface area (Å²) in [5.41, 5.74) is 0. The molecule has 2 rings (SSSR count). The van der Waals surface area contributed by atoms with E-state index in [0.29, 0.717) is 18.5 Å². The summed E-state index contributed by atoms with van der Waals surface area (Å²) in [6.07, 6.45) is 4.03. The molecule has 1 heterocycles. The zero-order chi connectivity index (χ0) is 14.7. The highest BCUT2D eigenvalue weighted by Gasteiger charge is 2.32. The minimum absolute atomic E-state index is 0.225. The summed E-state index contributed by atoms with van der Waals surface area (Å²) in [4.78, 5) is 18.7. The molecule has 4 heteroatoms. The minimum atomic E-state index is 0.225. The molecule has 20 heavy (non-hydrogen) atoms. The van der Waals surface area contributed by atoms with E-state index in [4.69, 9.17) is 0 Å². The third kappa shape index (κ3) is 4.45. The van der Waals surface area contributed by atoms with Gasteiger partial charge in [0.1, 0.15) is 0 Å². The van der Waals surface area contributed by atoms with Gasteiger partial charge < -0.3 is 4.90 Å². The van der Waals surface area contributed by atoms with Gasteiger partial charge in [-0.05, 0) is 44.2 Å². The second kappa shape index (κ2) is 6.90. The van der Waals surface area contributed by atoms with Crippen LogP contribution in [0, 0.1) is 11.8 Å². The zero-order valence-electron chi connectivity index (χ0n) is 13.6. The van der Waals surface area contributed by atoms with Crippen LogP contribution in [0.1, 0.15) is 33.1 Å². The molecule has 0 spiro atoms. The highest BCUT2D eigenvalue weighted by molar-refractivity contribution is 5.77. The van der Waals surface area contributed by atoms with E-state index in [-0.39, 0.29) is 5.91 Å². The lowest BCUT2D eigenvalue weighted by molar-refractivity contribution is -0.130. The summed E-state index contributed by atoms with van der Waals surface area (Å²) in [5, 5.41) is 0. The Bertz CT molecular complexity index is 326. The van der Waals surface area contributed by atoms with E-state index in [2.05, 4.69) is 23.6 Å². The van der Waals surface area contributed by atoms with Gasteiger partial charge in [-0.2, -0.15) is 0 Å². The molecule has 0 aromatic rings. The highest BCUT2D eigenvalue weighted by atomic mass is 16.2. The predicted molar refractivity (Wildman–Crippen MR) is 82.7 cm³/mol. The molecule has 0 bridgehead atoms. The van der Waals surface area contributed by atoms with Gasteiger partial charge in [0.15, 0.2) is 0 Å². The van der Waals surface area contributed by atoms with Gasteiger partial charge in [0.2, 0.25) is 5.91 Å². The molecule has 116 valence electrons. The van der Waals surface area contributed by atoms with Gasteiger partial charge in [0.05, 0.1) is 6.54 Å². The third-order valence-corrected chi connectivity index (χ3v) is 4.65. The molecule has 1 aliphatic heterocycles. The van der Waals surface area contributed by atoms with Crippen LogP contribution in [0.5, 0.6) is 0 Å². The van der Waals surface area contributed by atoms with E-state index < -0.39 is 0 Å². The number of amides is 1. The molecular weight excluding hydrogens is 250 g/mol. The topological polar surface area (TPSA) is 26.8 Å². The Balaban J connectivity index is 1.95. The number of nitrogens with zero attached hydrogens (tertiary/aromatic N) is 3. The maximum atomic E-state index is 11.9. The molecule has 0 N–H and O–H groups in total. The summed E-state index contributed by atoms with van der Waals surface area (Å²) in [7, 11) is 3.69. The molecule has 1 amide bonds. The van der Waals surface area contributed by atoms with Crippen molar-refractivity contribution in [1.29, 1.82) is 0 Å². The van der Waals surface area contributed by atoms with Crippen LogP contribution < -0.4 is 0 Å². The summed E-state index contributed by atoms with van der Waals surface area (Å²) < 4.78 is 0. The largest absolute Gasteiger partial charge is 0.348 e. The first kappa shape index (κ1) is 15.8. The van der Waals surface area contributed by atoms with Crippen LogP contribution in [0.2, 0.25) is 0 Å². The van der Waals surface area contributed by atoms with Crippen molar-refractivity contribution in [3.05, 3.63) is 0 Å². The number of carbonyl (C=O) groups excluding carboxylic acids is 1. The smallest absolute Gasteiger partial charge is 0.236 e. The molecule has 0 radical (unpaired) electrons. The molecule has 1 atom stereocenters. The van der Waals surface area contributed by atoms with Gasteiger partial charge >= 0.3 is 0 Å². The number of rotatable bonds is 5. The predicted octanol–water partition coefficient (Wildman–Crippen LogP) is 1.52. The molecule has 2 aliphatic rings. The van der Waals surface area contributed by atoms with E-state index in [9.17, 15) is 4.79 Å². The van der Waals surface area contributed by atoms with E-state index in [1.165, 1.54) is 32.4 Å². The normalized spacial score (nSPS) is 25.8. The Kier molecular flexibility index (Phi) is 5.44. The second-order valence-corrected chi connectivity index (χ2v) is 7.13. The van der Waals surface area contributed by atoms with Crippen LogP contribution in [-0.4, -0.2) is 73.5 Å². The third-order valence-electron chi connectivity index (χ3n) is 4.65. The van der Waals surface area contributed by atoms with Crippen molar-refractivity contribution in [1.82, 2.24) is 14.7 Å². The molecule has 1 saturated heterocycles. The molecule has 1 aliphatic carbocycles. The lowest BCUT2D eigenvalue weighted by Gasteiger charge is -2.34. The highest BCUT2D eigenvalue weighted by Crippen LogP contribution is 2.31. The van der Waals surface area contributed by atoms with Crippen LogP contribution in [0.25, 0.3) is 0 Å². The Hall–Kier alpha value is -0.610. The Morgan fingerprint density at radius 3 is 2.50 bits per heavy atom. The Morgan fingerprint density at radius 1 is 1.25 bits per heavy atom. The lowest BCUT2D eigenvalue weighted by Crippen LogP contribution is -2.47. The summed E-state index contributed by atoms with van der Waals surface area (Å²) in [5.74, 6) is 1.83. The first-order valence-corrected chi connectivity index (χ1v) is 8.14. The number of hydrogen-bond donors (Lipinski definition) is 0. The van der Waals surface area contributed by atoms with Crippen LogP contribution in [0.4, 0.5) is 0 Å².